The molecule has 0 spiro atoms. The minimum Gasteiger partial charge on any atom is -0.494 e. The van der Waals surface area contributed by atoms with Gasteiger partial charge in [-0.25, -0.2) is 4.39 Å². The van der Waals surface area contributed by atoms with Crippen LogP contribution in [-0.4, -0.2) is 24.9 Å². The zero-order valence-electron chi connectivity index (χ0n) is 10.5. The zero-order valence-corrected chi connectivity index (χ0v) is 11.3. The maximum atomic E-state index is 13.5. The second-order valence-electron chi connectivity index (χ2n) is 3.91. The van der Waals surface area contributed by atoms with Gasteiger partial charge in [0.1, 0.15) is 0 Å². The molecule has 0 radical (unpaired) electrons. The Morgan fingerprint density at radius 2 is 2.28 bits per heavy atom. The van der Waals surface area contributed by atoms with Crippen LogP contribution < -0.4 is 10.1 Å². The van der Waals surface area contributed by atoms with E-state index in [2.05, 4.69) is 5.32 Å². The van der Waals surface area contributed by atoms with Crippen molar-refractivity contribution in [3.63, 3.8) is 0 Å². The van der Waals surface area contributed by atoms with Crippen molar-refractivity contribution < 1.29 is 13.9 Å². The Hall–Kier alpha value is -1.29. The average Bonchev–Trinajstić information content (AvgIpc) is 2.37. The van der Waals surface area contributed by atoms with Gasteiger partial charge < -0.3 is 10.1 Å². The fraction of sp³-hybridized carbons (Fsp3) is 0.462. The number of carbonyl (C=O) groups excluding carboxylic acids is 1. The van der Waals surface area contributed by atoms with Gasteiger partial charge in [-0.2, -0.15) is 0 Å². The standard InChI is InChI=1S/C13H17ClFNO2/c1-3-10(6-7-14)16-13(17)9-4-5-12(18-2)11(15)8-9/h4-5,8,10H,3,6-7H2,1-2H3,(H,16,17). The molecule has 18 heavy (non-hydrogen) atoms. The molecule has 0 aromatic heterocycles. The molecule has 0 saturated heterocycles. The molecule has 1 amide bonds. The summed E-state index contributed by atoms with van der Waals surface area (Å²) in [7, 11) is 1.38. The number of benzene rings is 1. The molecule has 1 N–H and O–H groups in total. The summed E-state index contributed by atoms with van der Waals surface area (Å²) in [5.74, 6) is -0.237. The number of ether oxygens (including phenoxy) is 1. The van der Waals surface area contributed by atoms with Crippen molar-refractivity contribution in [1.29, 1.82) is 0 Å². The van der Waals surface area contributed by atoms with Gasteiger partial charge in [-0.05, 0) is 31.0 Å². The van der Waals surface area contributed by atoms with Crippen LogP contribution in [-0.2, 0) is 0 Å². The number of methoxy groups -OCH3 is 1. The van der Waals surface area contributed by atoms with Crippen LogP contribution in [0.4, 0.5) is 4.39 Å². The molecule has 0 aliphatic carbocycles. The van der Waals surface area contributed by atoms with E-state index in [9.17, 15) is 9.18 Å². The summed E-state index contributed by atoms with van der Waals surface area (Å²) in [6.07, 6.45) is 1.49. The maximum absolute atomic E-state index is 13.5. The quantitative estimate of drug-likeness (QED) is 0.809. The van der Waals surface area contributed by atoms with Gasteiger partial charge in [0.2, 0.25) is 0 Å². The number of rotatable bonds is 6. The zero-order chi connectivity index (χ0) is 13.5. The number of carbonyl (C=O) groups is 1. The molecule has 0 aliphatic rings. The van der Waals surface area contributed by atoms with Gasteiger partial charge in [0.25, 0.3) is 5.91 Å². The van der Waals surface area contributed by atoms with Crippen LogP contribution in [0.3, 0.4) is 0 Å². The summed E-state index contributed by atoms with van der Waals surface area (Å²) in [5.41, 5.74) is 0.279. The van der Waals surface area contributed by atoms with E-state index >= 15 is 0 Å². The number of halogens is 2. The van der Waals surface area contributed by atoms with Crippen molar-refractivity contribution in [2.75, 3.05) is 13.0 Å². The van der Waals surface area contributed by atoms with Crippen LogP contribution in [0.25, 0.3) is 0 Å². The van der Waals surface area contributed by atoms with Crippen molar-refractivity contribution in [2.24, 2.45) is 0 Å². The molecule has 1 aromatic rings. The largest absolute Gasteiger partial charge is 0.494 e. The highest BCUT2D eigenvalue weighted by Crippen LogP contribution is 2.17. The Kier molecular flexibility index (Phi) is 5.92. The molecule has 1 rings (SSSR count). The highest BCUT2D eigenvalue weighted by Gasteiger charge is 2.13. The monoisotopic (exact) mass is 273 g/mol. The Morgan fingerprint density at radius 3 is 2.78 bits per heavy atom. The molecule has 0 fully saturated rings. The van der Waals surface area contributed by atoms with E-state index in [0.29, 0.717) is 12.3 Å². The minimum atomic E-state index is -0.546. The number of hydrogen-bond acceptors (Lipinski definition) is 2. The Bertz CT molecular complexity index is 412. The first-order valence-corrected chi connectivity index (χ1v) is 6.36. The molecular weight excluding hydrogens is 257 g/mol. The first kappa shape index (κ1) is 14.8. The molecule has 1 aromatic carbocycles. The van der Waals surface area contributed by atoms with Crippen molar-refractivity contribution in [3.8, 4) is 5.75 Å². The van der Waals surface area contributed by atoms with E-state index < -0.39 is 5.82 Å². The van der Waals surface area contributed by atoms with E-state index in [1.807, 2.05) is 6.92 Å². The smallest absolute Gasteiger partial charge is 0.251 e. The van der Waals surface area contributed by atoms with Gasteiger partial charge in [-0.1, -0.05) is 6.92 Å². The Labute approximate surface area is 111 Å². The van der Waals surface area contributed by atoms with Crippen LogP contribution in [0.15, 0.2) is 18.2 Å². The molecule has 1 unspecified atom stereocenters. The topological polar surface area (TPSA) is 38.3 Å². The fourth-order valence-electron chi connectivity index (χ4n) is 1.59. The molecular formula is C13H17ClFNO2. The van der Waals surface area contributed by atoms with Crippen molar-refractivity contribution in [3.05, 3.63) is 29.6 Å². The maximum Gasteiger partial charge on any atom is 0.251 e. The molecule has 0 aliphatic heterocycles. The van der Waals surface area contributed by atoms with Gasteiger partial charge in [0.15, 0.2) is 11.6 Å². The normalized spacial score (nSPS) is 12.0. The molecule has 100 valence electrons. The van der Waals surface area contributed by atoms with Crippen molar-refractivity contribution >= 4 is 17.5 Å². The Morgan fingerprint density at radius 1 is 1.56 bits per heavy atom. The molecule has 1 atom stereocenters. The summed E-state index contributed by atoms with van der Waals surface area (Å²) in [4.78, 5) is 11.9. The lowest BCUT2D eigenvalue weighted by Gasteiger charge is -2.15. The lowest BCUT2D eigenvalue weighted by Crippen LogP contribution is -2.34. The highest BCUT2D eigenvalue weighted by molar-refractivity contribution is 6.17. The van der Waals surface area contributed by atoms with Crippen LogP contribution in [0.2, 0.25) is 0 Å². The predicted octanol–water partition coefficient (Wildman–Crippen LogP) is 2.97. The lowest BCUT2D eigenvalue weighted by atomic mass is 10.1. The third kappa shape index (κ3) is 3.88. The van der Waals surface area contributed by atoms with Crippen molar-refractivity contribution in [1.82, 2.24) is 5.32 Å². The summed E-state index contributed by atoms with van der Waals surface area (Å²) < 4.78 is 18.2. The molecule has 3 nitrogen and oxygen atoms in total. The second-order valence-corrected chi connectivity index (χ2v) is 4.28. The van der Waals surface area contributed by atoms with Gasteiger partial charge in [-0.3, -0.25) is 4.79 Å². The summed E-state index contributed by atoms with van der Waals surface area (Å²) >= 11 is 5.64. The minimum absolute atomic E-state index is 0.0140. The third-order valence-electron chi connectivity index (χ3n) is 2.70. The van der Waals surface area contributed by atoms with E-state index in [4.69, 9.17) is 16.3 Å². The number of nitrogens with one attached hydrogen (secondary N) is 1. The van der Waals surface area contributed by atoms with Crippen LogP contribution >= 0.6 is 11.6 Å². The van der Waals surface area contributed by atoms with Gasteiger partial charge in [0.05, 0.1) is 7.11 Å². The second kappa shape index (κ2) is 7.21. The molecule has 0 saturated carbocycles. The SMILES string of the molecule is CCC(CCCl)NC(=O)c1ccc(OC)c(F)c1. The number of hydrogen-bond donors (Lipinski definition) is 1. The van der Waals surface area contributed by atoms with Crippen LogP contribution in [0.5, 0.6) is 5.75 Å². The number of amides is 1. The predicted molar refractivity (Wildman–Crippen MR) is 69.8 cm³/mol. The van der Waals surface area contributed by atoms with E-state index in [1.54, 1.807) is 0 Å². The summed E-state index contributed by atoms with van der Waals surface area (Å²) in [6.45, 7) is 1.96. The number of alkyl halides is 1. The van der Waals surface area contributed by atoms with E-state index in [1.165, 1.54) is 25.3 Å². The highest BCUT2D eigenvalue weighted by atomic mass is 35.5. The average molecular weight is 274 g/mol. The van der Waals surface area contributed by atoms with Crippen LogP contribution in [0.1, 0.15) is 30.1 Å². The third-order valence-corrected chi connectivity index (χ3v) is 2.92. The lowest BCUT2D eigenvalue weighted by molar-refractivity contribution is 0.0934. The van der Waals surface area contributed by atoms with Crippen molar-refractivity contribution in [2.45, 2.75) is 25.8 Å². The fourth-order valence-corrected chi connectivity index (χ4v) is 1.85. The first-order chi connectivity index (χ1) is 8.62. The first-order valence-electron chi connectivity index (χ1n) is 5.82. The summed E-state index contributed by atoms with van der Waals surface area (Å²) in [5, 5.41) is 2.82. The van der Waals surface area contributed by atoms with Crippen LogP contribution in [0, 0.1) is 5.82 Å². The Balaban J connectivity index is 2.74. The van der Waals surface area contributed by atoms with E-state index in [0.717, 1.165) is 6.42 Å². The van der Waals surface area contributed by atoms with Gasteiger partial charge in [-0.15, -0.1) is 11.6 Å². The molecule has 5 heteroatoms. The van der Waals surface area contributed by atoms with E-state index in [-0.39, 0.29) is 23.3 Å². The molecule has 0 bridgehead atoms. The van der Waals surface area contributed by atoms with Gasteiger partial charge >= 0.3 is 0 Å². The van der Waals surface area contributed by atoms with Gasteiger partial charge in [0, 0.05) is 17.5 Å². The summed E-state index contributed by atoms with van der Waals surface area (Å²) in [6, 6.07) is 4.15. The molecule has 0 heterocycles.